The van der Waals surface area contributed by atoms with Crippen molar-refractivity contribution in [2.75, 3.05) is 26.2 Å². The molecule has 1 N–H and O–H groups in total. The first-order valence-corrected chi connectivity index (χ1v) is 11.9. The molecule has 1 amide bonds. The van der Waals surface area contributed by atoms with E-state index in [-0.39, 0.29) is 17.9 Å². The first-order chi connectivity index (χ1) is 12.5. The number of rotatable bonds is 4. The van der Waals surface area contributed by atoms with Crippen LogP contribution in [0.15, 0.2) is 0 Å². The van der Waals surface area contributed by atoms with Crippen molar-refractivity contribution in [3.05, 3.63) is 0 Å². The molecule has 26 heavy (non-hydrogen) atoms. The van der Waals surface area contributed by atoms with E-state index in [2.05, 4.69) is 12.2 Å². The summed E-state index contributed by atoms with van der Waals surface area (Å²) in [6.07, 6.45) is 10.1. The van der Waals surface area contributed by atoms with Crippen molar-refractivity contribution in [2.24, 2.45) is 11.8 Å². The molecule has 0 bridgehead atoms. The summed E-state index contributed by atoms with van der Waals surface area (Å²) < 4.78 is 29.2. The number of carbonyl (C=O) groups excluding carboxylic acids is 1. The average Bonchev–Trinajstić information content (AvgIpc) is 2.94. The van der Waals surface area contributed by atoms with Gasteiger partial charge in [0, 0.05) is 32.2 Å². The minimum Gasteiger partial charge on any atom is -0.353 e. The van der Waals surface area contributed by atoms with Gasteiger partial charge in [-0.15, -0.1) is 0 Å². The van der Waals surface area contributed by atoms with Crippen molar-refractivity contribution in [2.45, 2.75) is 77.2 Å². The summed E-state index contributed by atoms with van der Waals surface area (Å²) in [6, 6.07) is 0.274. The Kier molecular flexibility index (Phi) is 6.97. The van der Waals surface area contributed by atoms with Crippen LogP contribution in [0, 0.1) is 11.8 Å². The van der Waals surface area contributed by atoms with E-state index in [1.807, 2.05) is 0 Å². The molecule has 0 aromatic heterocycles. The van der Waals surface area contributed by atoms with Crippen LogP contribution in [0.4, 0.5) is 0 Å². The molecule has 0 spiro atoms. The van der Waals surface area contributed by atoms with Gasteiger partial charge in [-0.2, -0.15) is 17.0 Å². The summed E-state index contributed by atoms with van der Waals surface area (Å²) in [6.45, 7) is 4.40. The number of hydrogen-bond donors (Lipinski definition) is 1. The zero-order valence-electron chi connectivity index (χ0n) is 16.2. The monoisotopic (exact) mass is 385 g/mol. The normalized spacial score (nSPS) is 32.7. The Morgan fingerprint density at radius 3 is 2.12 bits per heavy atom. The third kappa shape index (κ3) is 4.98. The van der Waals surface area contributed by atoms with E-state index in [9.17, 15) is 13.2 Å². The molecular weight excluding hydrogens is 350 g/mol. The van der Waals surface area contributed by atoms with Gasteiger partial charge in [-0.05, 0) is 57.3 Å². The average molecular weight is 386 g/mol. The quantitative estimate of drug-likeness (QED) is 0.808. The molecule has 1 saturated carbocycles. The van der Waals surface area contributed by atoms with Crippen molar-refractivity contribution in [3.8, 4) is 0 Å². The van der Waals surface area contributed by atoms with Gasteiger partial charge in [-0.25, -0.2) is 0 Å². The zero-order chi connectivity index (χ0) is 18.6. The van der Waals surface area contributed by atoms with E-state index in [4.69, 9.17) is 0 Å². The topological polar surface area (TPSA) is 69.7 Å². The lowest BCUT2D eigenvalue weighted by Gasteiger charge is -2.35. The maximum absolute atomic E-state index is 13.0. The number of piperidine rings is 1. The predicted molar refractivity (Wildman–Crippen MR) is 103 cm³/mol. The van der Waals surface area contributed by atoms with Gasteiger partial charge in [-0.1, -0.05) is 19.8 Å². The predicted octanol–water partition coefficient (Wildman–Crippen LogP) is 2.51. The second-order valence-electron chi connectivity index (χ2n) is 8.48. The molecule has 0 radical (unpaired) electrons. The van der Waals surface area contributed by atoms with Crippen LogP contribution in [-0.4, -0.2) is 55.2 Å². The van der Waals surface area contributed by atoms with Crippen LogP contribution in [0.3, 0.4) is 0 Å². The molecule has 3 rings (SSSR count). The molecule has 2 heterocycles. The van der Waals surface area contributed by atoms with E-state index < -0.39 is 10.2 Å². The summed E-state index contributed by atoms with van der Waals surface area (Å²) in [5.41, 5.74) is 0. The SMILES string of the molecule is CC1CCC(NC(=O)C2CCCN(S(=O)(=O)N3CCCCCC3)C2)CC1. The van der Waals surface area contributed by atoms with Crippen LogP contribution in [0.2, 0.25) is 0 Å². The highest BCUT2D eigenvalue weighted by molar-refractivity contribution is 7.86. The van der Waals surface area contributed by atoms with Gasteiger partial charge < -0.3 is 5.32 Å². The zero-order valence-corrected chi connectivity index (χ0v) is 17.0. The Morgan fingerprint density at radius 1 is 0.846 bits per heavy atom. The van der Waals surface area contributed by atoms with Crippen molar-refractivity contribution >= 4 is 16.1 Å². The smallest absolute Gasteiger partial charge is 0.281 e. The van der Waals surface area contributed by atoms with Crippen molar-refractivity contribution in [3.63, 3.8) is 0 Å². The Balaban J connectivity index is 1.56. The van der Waals surface area contributed by atoms with Crippen molar-refractivity contribution in [1.82, 2.24) is 13.9 Å². The second kappa shape index (κ2) is 9.02. The molecule has 150 valence electrons. The standard InChI is InChI=1S/C19H35N3O3S/c1-16-8-10-18(11-9-16)20-19(23)17-7-6-14-22(15-17)26(24,25)21-12-4-2-3-5-13-21/h16-18H,2-15H2,1H3,(H,20,23). The summed E-state index contributed by atoms with van der Waals surface area (Å²) in [7, 11) is -3.43. The third-order valence-corrected chi connectivity index (χ3v) is 8.34. The Labute approximate surface area is 158 Å². The van der Waals surface area contributed by atoms with Crippen LogP contribution < -0.4 is 5.32 Å². The molecule has 0 aromatic carbocycles. The maximum Gasteiger partial charge on any atom is 0.281 e. The van der Waals surface area contributed by atoms with Crippen LogP contribution in [0.1, 0.15) is 71.1 Å². The minimum absolute atomic E-state index is 0.0559. The summed E-state index contributed by atoms with van der Waals surface area (Å²) in [5, 5.41) is 3.20. The van der Waals surface area contributed by atoms with E-state index >= 15 is 0 Å². The van der Waals surface area contributed by atoms with E-state index in [1.165, 1.54) is 12.8 Å². The molecule has 7 heteroatoms. The molecule has 3 aliphatic rings. The fraction of sp³-hybridized carbons (Fsp3) is 0.947. The van der Waals surface area contributed by atoms with Gasteiger partial charge in [0.15, 0.2) is 0 Å². The molecule has 1 unspecified atom stereocenters. The van der Waals surface area contributed by atoms with Crippen molar-refractivity contribution in [1.29, 1.82) is 0 Å². The third-order valence-electron chi connectivity index (χ3n) is 6.33. The van der Waals surface area contributed by atoms with Crippen LogP contribution >= 0.6 is 0 Å². The molecule has 3 fully saturated rings. The molecular formula is C19H35N3O3S. The highest BCUT2D eigenvalue weighted by atomic mass is 32.2. The van der Waals surface area contributed by atoms with E-state index in [1.54, 1.807) is 8.61 Å². The molecule has 6 nitrogen and oxygen atoms in total. The summed E-state index contributed by atoms with van der Waals surface area (Å²) in [4.78, 5) is 12.7. The lowest BCUT2D eigenvalue weighted by atomic mass is 9.87. The van der Waals surface area contributed by atoms with Gasteiger partial charge in [0.05, 0.1) is 5.92 Å². The van der Waals surface area contributed by atoms with Gasteiger partial charge in [0.1, 0.15) is 0 Å². The summed E-state index contributed by atoms with van der Waals surface area (Å²) >= 11 is 0. The fourth-order valence-corrected chi connectivity index (χ4v) is 6.30. The molecule has 2 aliphatic heterocycles. The van der Waals surface area contributed by atoms with E-state index in [0.29, 0.717) is 26.2 Å². The lowest BCUT2D eigenvalue weighted by molar-refractivity contribution is -0.127. The number of nitrogens with one attached hydrogen (secondary N) is 1. The van der Waals surface area contributed by atoms with Gasteiger partial charge in [0.2, 0.25) is 5.91 Å². The molecule has 1 aliphatic carbocycles. The Morgan fingerprint density at radius 2 is 1.46 bits per heavy atom. The highest BCUT2D eigenvalue weighted by Crippen LogP contribution is 2.26. The number of hydrogen-bond acceptors (Lipinski definition) is 3. The summed E-state index contributed by atoms with van der Waals surface area (Å²) in [5.74, 6) is 0.609. The number of carbonyl (C=O) groups is 1. The Hall–Kier alpha value is -0.660. The number of nitrogens with zero attached hydrogens (tertiary/aromatic N) is 2. The highest BCUT2D eigenvalue weighted by Gasteiger charge is 2.36. The van der Waals surface area contributed by atoms with Gasteiger partial charge >= 0.3 is 0 Å². The van der Waals surface area contributed by atoms with Crippen molar-refractivity contribution < 1.29 is 13.2 Å². The minimum atomic E-state index is -3.43. The largest absolute Gasteiger partial charge is 0.353 e. The van der Waals surface area contributed by atoms with Gasteiger partial charge in [-0.3, -0.25) is 4.79 Å². The second-order valence-corrected chi connectivity index (χ2v) is 10.4. The lowest BCUT2D eigenvalue weighted by Crippen LogP contribution is -2.51. The first-order valence-electron chi connectivity index (χ1n) is 10.5. The maximum atomic E-state index is 13.0. The van der Waals surface area contributed by atoms with E-state index in [0.717, 1.165) is 57.3 Å². The first kappa shape index (κ1) is 20.1. The van der Waals surface area contributed by atoms with Gasteiger partial charge in [0.25, 0.3) is 10.2 Å². The van der Waals surface area contributed by atoms with Crippen LogP contribution in [0.25, 0.3) is 0 Å². The van der Waals surface area contributed by atoms with Crippen LogP contribution in [0.5, 0.6) is 0 Å². The Bertz CT molecular complexity index is 565. The number of amides is 1. The molecule has 1 atom stereocenters. The molecule has 0 aromatic rings. The molecule has 2 saturated heterocycles. The fourth-order valence-electron chi connectivity index (χ4n) is 4.53. The van der Waals surface area contributed by atoms with Crippen LogP contribution in [-0.2, 0) is 15.0 Å².